The van der Waals surface area contributed by atoms with E-state index in [9.17, 15) is 13.2 Å². The van der Waals surface area contributed by atoms with Gasteiger partial charge in [0.05, 0.1) is 15.9 Å². The van der Waals surface area contributed by atoms with Crippen molar-refractivity contribution in [2.24, 2.45) is 11.3 Å². The molecule has 1 fully saturated rings. The molecule has 1 aromatic carbocycles. The molecule has 0 aliphatic heterocycles. The van der Waals surface area contributed by atoms with Crippen LogP contribution < -0.4 is 0 Å². The van der Waals surface area contributed by atoms with E-state index >= 15 is 0 Å². The van der Waals surface area contributed by atoms with Gasteiger partial charge >= 0.3 is 5.97 Å². The zero-order valence-corrected chi connectivity index (χ0v) is 15.6. The first-order chi connectivity index (χ1) is 11.5. The fourth-order valence-electron chi connectivity index (χ4n) is 2.97. The Morgan fingerprint density at radius 3 is 2.56 bits per heavy atom. The van der Waals surface area contributed by atoms with Gasteiger partial charge in [0.25, 0.3) is 0 Å². The zero-order valence-electron chi connectivity index (χ0n) is 14.8. The van der Waals surface area contributed by atoms with E-state index in [0.717, 1.165) is 24.3 Å². The summed E-state index contributed by atoms with van der Waals surface area (Å²) in [6.45, 7) is 7.35. The molecular formula is C18H24N2O4S. The highest BCUT2D eigenvalue weighted by Crippen LogP contribution is 2.34. The van der Waals surface area contributed by atoms with Gasteiger partial charge in [-0.05, 0) is 42.4 Å². The van der Waals surface area contributed by atoms with E-state index in [1.54, 1.807) is 6.07 Å². The first-order valence-electron chi connectivity index (χ1n) is 8.49. The molecule has 1 N–H and O–H groups in total. The molecule has 1 aromatic heterocycles. The summed E-state index contributed by atoms with van der Waals surface area (Å²) in [5.74, 6) is -0.627. The average molecular weight is 364 g/mol. The van der Waals surface area contributed by atoms with Crippen molar-refractivity contribution < 1.29 is 18.3 Å². The van der Waals surface area contributed by atoms with Crippen LogP contribution in [0.4, 0.5) is 0 Å². The molecule has 0 unspecified atom stereocenters. The molecule has 1 saturated carbocycles. The molecule has 7 heteroatoms. The molecule has 0 spiro atoms. The lowest BCUT2D eigenvalue weighted by Gasteiger charge is -2.18. The standard InChI is InChI=1S/C18H24N2O4S/c1-18(2,3)9-16-19-14-8-13(25(23,24)11-17(21)22)6-7-15(14)20(16)10-12-4-5-12/h6-8,12H,4-5,9-11H2,1-3H3,(H,21,22). The summed E-state index contributed by atoms with van der Waals surface area (Å²) in [5, 5.41) is 8.81. The SMILES string of the molecule is CC(C)(C)Cc1nc2cc(S(=O)(=O)CC(=O)O)ccc2n1CC1CC1. The molecule has 2 aromatic rings. The number of fused-ring (bicyclic) bond motifs is 1. The zero-order chi connectivity index (χ0) is 18.4. The molecule has 25 heavy (non-hydrogen) atoms. The minimum absolute atomic E-state index is 0.0146. The number of aromatic nitrogens is 2. The number of carboxylic acid groups (broad SMARTS) is 1. The minimum Gasteiger partial charge on any atom is -0.480 e. The highest BCUT2D eigenvalue weighted by Gasteiger charge is 2.27. The molecule has 1 aliphatic rings. The monoisotopic (exact) mass is 364 g/mol. The smallest absolute Gasteiger partial charge is 0.319 e. The van der Waals surface area contributed by atoms with Gasteiger partial charge in [0, 0.05) is 13.0 Å². The number of carboxylic acids is 1. The van der Waals surface area contributed by atoms with E-state index in [1.807, 2.05) is 0 Å². The number of benzene rings is 1. The number of aliphatic carboxylic acids is 1. The Morgan fingerprint density at radius 2 is 2.00 bits per heavy atom. The highest BCUT2D eigenvalue weighted by atomic mass is 32.2. The minimum atomic E-state index is -3.85. The molecule has 0 radical (unpaired) electrons. The lowest BCUT2D eigenvalue weighted by atomic mass is 9.92. The summed E-state index contributed by atoms with van der Waals surface area (Å²) in [6, 6.07) is 4.75. The second-order valence-corrected chi connectivity index (χ2v) is 10.1. The Hall–Kier alpha value is -1.89. The fourth-order valence-corrected chi connectivity index (χ4v) is 4.03. The maximum atomic E-state index is 12.2. The van der Waals surface area contributed by atoms with Gasteiger partial charge < -0.3 is 9.67 Å². The lowest BCUT2D eigenvalue weighted by molar-refractivity contribution is -0.134. The first-order valence-corrected chi connectivity index (χ1v) is 10.1. The van der Waals surface area contributed by atoms with Gasteiger partial charge in [-0.25, -0.2) is 13.4 Å². The van der Waals surface area contributed by atoms with Crippen LogP contribution >= 0.6 is 0 Å². The summed E-state index contributed by atoms with van der Waals surface area (Å²) in [6.07, 6.45) is 3.24. The van der Waals surface area contributed by atoms with Gasteiger partial charge in [0.15, 0.2) is 15.6 Å². The van der Waals surface area contributed by atoms with Crippen LogP contribution in [0.5, 0.6) is 0 Å². The van der Waals surface area contributed by atoms with E-state index in [2.05, 4.69) is 30.3 Å². The van der Waals surface area contributed by atoms with Crippen molar-refractivity contribution >= 4 is 26.8 Å². The molecule has 0 saturated heterocycles. The Labute approximate surface area is 147 Å². The van der Waals surface area contributed by atoms with Crippen molar-refractivity contribution in [3.8, 4) is 0 Å². The average Bonchev–Trinajstić information content (AvgIpc) is 3.19. The Kier molecular flexibility index (Phi) is 4.39. The Balaban J connectivity index is 2.06. The molecular weight excluding hydrogens is 340 g/mol. The number of nitrogens with zero attached hydrogens (tertiary/aromatic N) is 2. The largest absolute Gasteiger partial charge is 0.480 e. The van der Waals surface area contributed by atoms with Crippen molar-refractivity contribution in [3.05, 3.63) is 24.0 Å². The summed E-state index contributed by atoms with van der Waals surface area (Å²) in [4.78, 5) is 15.5. The van der Waals surface area contributed by atoms with Crippen molar-refractivity contribution in [3.63, 3.8) is 0 Å². The predicted molar refractivity (Wildman–Crippen MR) is 95.3 cm³/mol. The van der Waals surface area contributed by atoms with Crippen LogP contribution in [0, 0.1) is 11.3 Å². The third-order valence-electron chi connectivity index (χ3n) is 4.30. The lowest BCUT2D eigenvalue weighted by Crippen LogP contribution is -2.15. The van der Waals surface area contributed by atoms with E-state index in [4.69, 9.17) is 5.11 Å². The normalized spacial score (nSPS) is 15.6. The number of carbonyl (C=O) groups is 1. The van der Waals surface area contributed by atoms with Gasteiger partial charge in [-0.1, -0.05) is 20.8 Å². The quantitative estimate of drug-likeness (QED) is 0.851. The third kappa shape index (κ3) is 4.21. The van der Waals surface area contributed by atoms with Crippen LogP contribution in [0.25, 0.3) is 11.0 Å². The van der Waals surface area contributed by atoms with Crippen molar-refractivity contribution in [1.29, 1.82) is 0 Å². The summed E-state index contributed by atoms with van der Waals surface area (Å²) >= 11 is 0. The Bertz CT molecular complexity index is 918. The van der Waals surface area contributed by atoms with Gasteiger partial charge in [-0.2, -0.15) is 0 Å². The van der Waals surface area contributed by atoms with Crippen LogP contribution in [-0.4, -0.2) is 34.8 Å². The molecule has 0 amide bonds. The second kappa shape index (κ2) is 6.12. The van der Waals surface area contributed by atoms with E-state index in [-0.39, 0.29) is 10.3 Å². The van der Waals surface area contributed by atoms with Crippen molar-refractivity contribution in [1.82, 2.24) is 9.55 Å². The first kappa shape index (κ1) is 17.9. The predicted octanol–water partition coefficient (Wildman–Crippen LogP) is 2.89. The molecule has 1 heterocycles. The number of hydrogen-bond acceptors (Lipinski definition) is 4. The topological polar surface area (TPSA) is 89.3 Å². The molecule has 136 valence electrons. The molecule has 6 nitrogen and oxygen atoms in total. The highest BCUT2D eigenvalue weighted by molar-refractivity contribution is 7.92. The second-order valence-electron chi connectivity index (χ2n) is 8.12. The van der Waals surface area contributed by atoms with E-state index < -0.39 is 21.6 Å². The van der Waals surface area contributed by atoms with Crippen molar-refractivity contribution in [2.45, 2.75) is 51.5 Å². The number of imidazole rings is 1. The molecule has 0 bridgehead atoms. The molecule has 1 aliphatic carbocycles. The fraction of sp³-hybridized carbons (Fsp3) is 0.556. The number of rotatable bonds is 6. The molecule has 3 rings (SSSR count). The van der Waals surface area contributed by atoms with E-state index in [0.29, 0.717) is 11.4 Å². The maximum absolute atomic E-state index is 12.2. The van der Waals surface area contributed by atoms with Crippen LogP contribution in [0.1, 0.15) is 39.4 Å². The van der Waals surface area contributed by atoms with Gasteiger partial charge in [0.1, 0.15) is 5.82 Å². The van der Waals surface area contributed by atoms with Gasteiger partial charge in [-0.3, -0.25) is 4.79 Å². The summed E-state index contributed by atoms with van der Waals surface area (Å²) in [5.41, 5.74) is 1.60. The van der Waals surface area contributed by atoms with E-state index in [1.165, 1.54) is 25.0 Å². The van der Waals surface area contributed by atoms with Crippen LogP contribution in [0.2, 0.25) is 0 Å². The van der Waals surface area contributed by atoms with Crippen LogP contribution in [0.15, 0.2) is 23.1 Å². The number of sulfone groups is 1. The summed E-state index contributed by atoms with van der Waals surface area (Å²) in [7, 11) is -3.85. The van der Waals surface area contributed by atoms with Gasteiger partial charge in [-0.15, -0.1) is 0 Å². The van der Waals surface area contributed by atoms with Crippen LogP contribution in [-0.2, 0) is 27.6 Å². The van der Waals surface area contributed by atoms with Crippen molar-refractivity contribution in [2.75, 3.05) is 5.75 Å². The third-order valence-corrected chi connectivity index (χ3v) is 5.90. The van der Waals surface area contributed by atoms with Gasteiger partial charge in [0.2, 0.25) is 0 Å². The Morgan fingerprint density at radius 1 is 1.32 bits per heavy atom. The molecule has 0 atom stereocenters. The maximum Gasteiger partial charge on any atom is 0.319 e. The summed E-state index contributed by atoms with van der Waals surface area (Å²) < 4.78 is 26.6. The van der Waals surface area contributed by atoms with Crippen LogP contribution in [0.3, 0.4) is 0 Å². The number of hydrogen-bond donors (Lipinski definition) is 1.